The van der Waals surface area contributed by atoms with Gasteiger partial charge in [-0.2, -0.15) is 0 Å². The second-order valence-corrected chi connectivity index (χ2v) is 22.7. The average molecular weight is 1190 g/mol. The third-order valence-corrected chi connectivity index (χ3v) is 17.1. The molecule has 13 nitrogen and oxygen atoms in total. The zero-order chi connectivity index (χ0) is 58.8. The van der Waals surface area contributed by atoms with Gasteiger partial charge in [0.05, 0.1) is 22.8 Å². The van der Waals surface area contributed by atoms with Gasteiger partial charge in [-0.05, 0) is 218 Å². The third-order valence-electron chi connectivity index (χ3n) is 15.9. The van der Waals surface area contributed by atoms with Gasteiger partial charge in [-0.3, -0.25) is 14.7 Å². The minimum Gasteiger partial charge on any atom is -0.508 e. The van der Waals surface area contributed by atoms with Crippen LogP contribution in [0.25, 0.3) is 99.3 Å². The van der Waals surface area contributed by atoms with Gasteiger partial charge in [-0.15, -0.1) is 23.7 Å². The second-order valence-electron chi connectivity index (χ2n) is 21.6. The Bertz CT molecular complexity index is 4420. The highest BCUT2D eigenvalue weighted by molar-refractivity contribution is 7.22. The van der Waals surface area contributed by atoms with Gasteiger partial charge < -0.3 is 45.3 Å². The quantitative estimate of drug-likeness (QED) is 0.0572. The highest BCUT2D eigenvalue weighted by atomic mass is 35.5. The van der Waals surface area contributed by atoms with E-state index in [0.717, 1.165) is 124 Å². The van der Waals surface area contributed by atoms with Gasteiger partial charge in [-0.25, -0.2) is 4.98 Å². The number of benzene rings is 7. The summed E-state index contributed by atoms with van der Waals surface area (Å²) in [5, 5.41) is 62.7. The molecule has 1 saturated heterocycles. The Morgan fingerprint density at radius 1 is 0.483 bits per heavy atom. The van der Waals surface area contributed by atoms with Crippen LogP contribution in [0.15, 0.2) is 188 Å². The number of carbonyl (C=O) groups excluding carboxylic acids is 1. The number of hydrogen-bond donors (Lipinski definition) is 8. The van der Waals surface area contributed by atoms with Gasteiger partial charge >= 0.3 is 0 Å². The standard InChI is InChI=1S/C44H32N4O4.C28H27NO4S.ClH/c49-29-9-1-5-25(21-29)41-33-13-15-35(45-33)42(26-6-2-10-30(50)22-26)37-17-19-39(47-37)44(28-8-4-12-32(52)24-28)40-20-18-38(48-40)43(36-16-14-34(41)46-36)27-7-3-11-31(51)23-27;30-21-8-4-20(5-9-21)28-26(24-13-10-22(31)18-25(24)34-28)27(32)19-6-11-23(12-7-19)33-17-16-29-14-2-1-3-15-29;/h1-17,19,21-24,46-47,49-52H,18,20H2;4-13,18,30-31H,1-3,14-17H2;1H. The Labute approximate surface area is 511 Å². The number of phenols is 6. The van der Waals surface area contributed by atoms with Crippen molar-refractivity contribution in [2.24, 2.45) is 0 Å². The first-order valence-electron chi connectivity index (χ1n) is 28.6. The second kappa shape index (κ2) is 24.8. The van der Waals surface area contributed by atoms with Crippen molar-refractivity contribution < 1.29 is 40.2 Å². The number of ketones is 1. The maximum Gasteiger partial charge on any atom is 0.195 e. The van der Waals surface area contributed by atoms with Crippen LogP contribution in [0.2, 0.25) is 0 Å². The first kappa shape index (κ1) is 57.3. The molecule has 3 aliphatic rings. The molecule has 7 heterocycles. The van der Waals surface area contributed by atoms with Gasteiger partial charge in [0.2, 0.25) is 0 Å². The molecule has 0 saturated carbocycles. The van der Waals surface area contributed by atoms with Crippen molar-refractivity contribution in [3.63, 3.8) is 0 Å². The first-order chi connectivity index (χ1) is 42.0. The van der Waals surface area contributed by atoms with Gasteiger partial charge in [0, 0.05) is 77.0 Å². The largest absolute Gasteiger partial charge is 0.508 e. The summed E-state index contributed by atoms with van der Waals surface area (Å²) < 4.78 is 6.76. The number of phenolic OH excluding ortho intramolecular Hbond substituents is 6. The van der Waals surface area contributed by atoms with E-state index in [1.807, 2.05) is 109 Å². The van der Waals surface area contributed by atoms with E-state index in [1.54, 1.807) is 91.0 Å². The summed E-state index contributed by atoms with van der Waals surface area (Å²) in [4.78, 5) is 34.7. The number of nitrogens with one attached hydrogen (secondary N) is 2. The summed E-state index contributed by atoms with van der Waals surface area (Å²) in [6.45, 7) is 3.85. The van der Waals surface area contributed by atoms with Crippen molar-refractivity contribution >= 4 is 73.8 Å². The number of fused-ring (bicyclic) bond motifs is 9. The fourth-order valence-electron chi connectivity index (χ4n) is 11.8. The molecule has 4 aromatic heterocycles. The number of thiophene rings is 1. The number of hydrogen-bond acceptors (Lipinski definition) is 12. The summed E-state index contributed by atoms with van der Waals surface area (Å²) in [7, 11) is 0. The van der Waals surface area contributed by atoms with Crippen LogP contribution in [-0.2, 0) is 12.8 Å². The number of likely N-dealkylation sites (tertiary alicyclic amines) is 1. The minimum absolute atomic E-state index is 0. The smallest absolute Gasteiger partial charge is 0.195 e. The zero-order valence-electron chi connectivity index (χ0n) is 47.1. The lowest BCUT2D eigenvalue weighted by Gasteiger charge is -2.26. The van der Waals surface area contributed by atoms with E-state index in [9.17, 15) is 35.4 Å². The molecule has 14 rings (SSSR count). The van der Waals surface area contributed by atoms with E-state index < -0.39 is 0 Å². The number of aromatic nitrogens is 4. The van der Waals surface area contributed by atoms with Crippen LogP contribution >= 0.6 is 23.7 Å². The predicted molar refractivity (Wildman–Crippen MR) is 349 cm³/mol. The minimum atomic E-state index is -0.0834. The molecule has 15 heteroatoms. The maximum absolute atomic E-state index is 13.6. The summed E-state index contributed by atoms with van der Waals surface area (Å²) in [6, 6.07) is 55.9. The van der Waals surface area contributed by atoms with Crippen molar-refractivity contribution in [1.29, 1.82) is 0 Å². The summed E-state index contributed by atoms with van der Waals surface area (Å²) in [5.41, 5.74) is 14.8. The molecule has 434 valence electrons. The highest BCUT2D eigenvalue weighted by Gasteiger charge is 2.24. The van der Waals surface area contributed by atoms with Gasteiger partial charge in [-0.1, -0.05) is 55.0 Å². The zero-order valence-corrected chi connectivity index (χ0v) is 48.7. The number of aromatic hydroxyl groups is 6. The topological polar surface area (TPSA) is 208 Å². The van der Waals surface area contributed by atoms with Crippen LogP contribution in [0, 0.1) is 0 Å². The van der Waals surface area contributed by atoms with Crippen LogP contribution in [0.4, 0.5) is 0 Å². The lowest BCUT2D eigenvalue weighted by atomic mass is 9.97. The molecule has 11 aromatic rings. The first-order valence-corrected chi connectivity index (χ1v) is 29.5. The van der Waals surface area contributed by atoms with Crippen molar-refractivity contribution in [2.45, 2.75) is 32.1 Å². The number of aryl methyl sites for hydroxylation is 2. The molecule has 8 bridgehead atoms. The lowest BCUT2D eigenvalue weighted by Crippen LogP contribution is -2.33. The molecule has 7 aromatic carbocycles. The summed E-state index contributed by atoms with van der Waals surface area (Å²) in [5.74, 6) is 1.58. The molecule has 0 spiro atoms. The Hall–Kier alpha value is -10.1. The van der Waals surface area contributed by atoms with E-state index in [0.29, 0.717) is 42.0 Å². The van der Waals surface area contributed by atoms with Crippen molar-refractivity contribution in [2.75, 3.05) is 26.2 Å². The van der Waals surface area contributed by atoms with Crippen LogP contribution in [0.3, 0.4) is 0 Å². The van der Waals surface area contributed by atoms with E-state index in [1.165, 1.54) is 30.6 Å². The van der Waals surface area contributed by atoms with E-state index in [-0.39, 0.29) is 52.7 Å². The average Bonchev–Trinajstić information content (AvgIpc) is 2.12. The van der Waals surface area contributed by atoms with E-state index in [4.69, 9.17) is 14.7 Å². The van der Waals surface area contributed by atoms with Crippen LogP contribution in [-0.4, -0.2) is 87.5 Å². The molecule has 0 amide bonds. The molecule has 3 aliphatic heterocycles. The molecule has 0 aliphatic carbocycles. The normalized spacial score (nSPS) is 13.0. The number of aromatic amines is 2. The lowest BCUT2D eigenvalue weighted by molar-refractivity contribution is 0.104. The van der Waals surface area contributed by atoms with Gasteiger partial charge in [0.1, 0.15) is 46.9 Å². The number of ether oxygens (including phenoxy) is 1. The number of nitrogens with zero attached hydrogens (tertiary/aromatic N) is 3. The van der Waals surface area contributed by atoms with Gasteiger partial charge in [0.25, 0.3) is 0 Å². The highest BCUT2D eigenvalue weighted by Crippen LogP contribution is 2.43. The predicted octanol–water partition coefficient (Wildman–Crippen LogP) is 16.3. The summed E-state index contributed by atoms with van der Waals surface area (Å²) in [6.07, 6.45) is 9.06. The number of halogens is 1. The van der Waals surface area contributed by atoms with E-state index >= 15 is 0 Å². The Morgan fingerprint density at radius 2 is 0.943 bits per heavy atom. The molecule has 87 heavy (non-hydrogen) atoms. The SMILES string of the molecule is Cl.O=C(c1ccc(OCCN2CCCCC2)cc1)c1c(-c2ccc(O)cc2)sc2cc(O)ccc12.Oc1cccc(-c2c3nc(c(-c4cccc(O)c4)c4ccc([nH]4)c(-c4cccc(O)c4)c4nc(c(-c5cccc(O)c5)c5ccc2[nH]5)CC4)C=C3)c1. The molecule has 0 atom stereocenters. The Kier molecular flexibility index (Phi) is 16.4. The van der Waals surface area contributed by atoms with Crippen molar-refractivity contribution in [1.82, 2.24) is 24.8 Å². The molecular weight excluding hydrogens is 1130 g/mol. The number of H-pyrrole nitrogens is 2. The maximum atomic E-state index is 13.6. The van der Waals surface area contributed by atoms with Crippen LogP contribution in [0.5, 0.6) is 40.2 Å². The van der Waals surface area contributed by atoms with Crippen LogP contribution < -0.4 is 4.74 Å². The molecule has 1 fully saturated rings. The van der Waals surface area contributed by atoms with E-state index in [2.05, 4.69) is 14.9 Å². The molecular formula is C72H60ClN5O8S. The van der Waals surface area contributed by atoms with Crippen molar-refractivity contribution in [3.05, 3.63) is 222 Å². The molecule has 8 N–H and O–H groups in total. The van der Waals surface area contributed by atoms with Crippen molar-refractivity contribution in [3.8, 4) is 95.2 Å². The number of rotatable bonds is 11. The fourth-order valence-corrected chi connectivity index (χ4v) is 13.1. The van der Waals surface area contributed by atoms with Gasteiger partial charge in [0.15, 0.2) is 5.78 Å². The number of carbonyl (C=O) groups is 1. The molecule has 0 unspecified atom stereocenters. The van der Waals surface area contributed by atoms with Crippen LogP contribution in [0.1, 0.15) is 58.0 Å². The number of piperidine rings is 1. The summed E-state index contributed by atoms with van der Waals surface area (Å²) >= 11 is 1.46. The third kappa shape index (κ3) is 12.1. The Balaban J connectivity index is 0.000000183. The Morgan fingerprint density at radius 3 is 1.44 bits per heavy atom. The molecule has 0 radical (unpaired) electrons. The monoisotopic (exact) mass is 1190 g/mol. The fraction of sp³-hybridized carbons (Fsp3) is 0.125.